The molecule has 6 rings (SSSR count). The number of hydrogen-bond acceptors (Lipinski definition) is 8. The highest BCUT2D eigenvalue weighted by Gasteiger charge is 2.24. The van der Waals surface area contributed by atoms with Crippen molar-refractivity contribution in [1.29, 1.82) is 0 Å². The van der Waals surface area contributed by atoms with Gasteiger partial charge in [-0.2, -0.15) is 0 Å². The Bertz CT molecular complexity index is 1210. The molecule has 1 unspecified atom stereocenters. The van der Waals surface area contributed by atoms with Crippen LogP contribution in [0.2, 0.25) is 5.02 Å². The summed E-state index contributed by atoms with van der Waals surface area (Å²) in [5.41, 5.74) is 3.26. The molecule has 36 heavy (non-hydrogen) atoms. The maximum atomic E-state index is 6.46. The number of ether oxygens (including phenoxy) is 1. The zero-order chi connectivity index (χ0) is 24.3. The Labute approximate surface area is 220 Å². The fourth-order valence-corrected chi connectivity index (χ4v) is 6.50. The molecule has 3 aliphatic heterocycles. The third-order valence-corrected chi connectivity index (χ3v) is 8.61. The lowest BCUT2D eigenvalue weighted by Gasteiger charge is -2.35. The van der Waals surface area contributed by atoms with Gasteiger partial charge in [-0.05, 0) is 37.5 Å². The minimum atomic E-state index is 0.359. The van der Waals surface area contributed by atoms with E-state index in [1.54, 1.807) is 12.4 Å². The minimum absolute atomic E-state index is 0.359. The Balaban J connectivity index is 1.07. The lowest BCUT2D eigenvalue weighted by molar-refractivity contribution is 0.0905. The average Bonchev–Trinajstić information content (AvgIpc) is 3.56. The molecule has 3 aromatic rings. The molecule has 3 aliphatic rings. The van der Waals surface area contributed by atoms with Gasteiger partial charge in [0, 0.05) is 80.5 Å². The second-order valence-corrected chi connectivity index (χ2v) is 11.2. The summed E-state index contributed by atoms with van der Waals surface area (Å²) in [6.07, 6.45) is 8.46. The fourth-order valence-electron chi connectivity index (χ4n) is 5.20. The summed E-state index contributed by atoms with van der Waals surface area (Å²) in [5.74, 6) is 2.02. The summed E-state index contributed by atoms with van der Waals surface area (Å²) >= 11 is 8.32. The Kier molecular flexibility index (Phi) is 7.32. The fraction of sp³-hybridized carbons (Fsp3) is 0.500. The van der Waals surface area contributed by atoms with Gasteiger partial charge in [0.25, 0.3) is 0 Å². The zero-order valence-corrected chi connectivity index (χ0v) is 21.9. The first-order chi connectivity index (χ1) is 17.7. The number of piperazine rings is 1. The zero-order valence-electron chi connectivity index (χ0n) is 20.3. The predicted octanol–water partition coefficient (Wildman–Crippen LogP) is 4.28. The molecule has 0 saturated carbocycles. The number of fused-ring (bicyclic) bond motifs is 1. The third kappa shape index (κ3) is 5.49. The van der Waals surface area contributed by atoms with Crippen molar-refractivity contribution in [2.75, 3.05) is 61.9 Å². The summed E-state index contributed by atoms with van der Waals surface area (Å²) in [6.45, 7) is 6.80. The number of aromatic amines is 1. The maximum absolute atomic E-state index is 6.46. The molecule has 0 aliphatic carbocycles. The van der Waals surface area contributed by atoms with E-state index in [9.17, 15) is 0 Å². The van der Waals surface area contributed by atoms with Crippen molar-refractivity contribution >= 4 is 50.8 Å². The Morgan fingerprint density at radius 1 is 1.11 bits per heavy atom. The molecule has 0 bridgehead atoms. The summed E-state index contributed by atoms with van der Waals surface area (Å²) in [7, 11) is 0. The van der Waals surface area contributed by atoms with E-state index in [0.29, 0.717) is 12.1 Å². The standard InChI is InChI=1S/C26H32ClN7OS/c27-19-13-18-14-23(32-25(18)22(15-19)30-20-2-11-35-12-3-20)26-31-21(17-36-26)1-6-33-7-9-34(10-8-33)24-16-28-4-5-29-24/h4-5,13-16,20-21,30,32H,1-3,6-12,17H2. The number of aromatic nitrogens is 3. The smallest absolute Gasteiger partial charge is 0.147 e. The number of H-pyrrole nitrogens is 1. The van der Waals surface area contributed by atoms with Gasteiger partial charge in [0.1, 0.15) is 10.9 Å². The first-order valence-electron chi connectivity index (χ1n) is 12.8. The predicted molar refractivity (Wildman–Crippen MR) is 149 cm³/mol. The van der Waals surface area contributed by atoms with E-state index in [4.69, 9.17) is 21.3 Å². The van der Waals surface area contributed by atoms with E-state index in [2.05, 4.69) is 36.1 Å². The van der Waals surface area contributed by atoms with Gasteiger partial charge in [-0.15, -0.1) is 11.8 Å². The van der Waals surface area contributed by atoms with E-state index in [0.717, 1.165) is 109 Å². The Hall–Kier alpha value is -2.33. The van der Waals surface area contributed by atoms with Gasteiger partial charge >= 0.3 is 0 Å². The summed E-state index contributed by atoms with van der Waals surface area (Å²) in [5, 5.41) is 6.67. The molecule has 2 N–H and O–H groups in total. The van der Waals surface area contributed by atoms with Gasteiger partial charge in [-0.3, -0.25) is 14.9 Å². The average molecular weight is 526 g/mol. The van der Waals surface area contributed by atoms with Crippen LogP contribution < -0.4 is 10.2 Å². The summed E-state index contributed by atoms with van der Waals surface area (Å²) in [6, 6.07) is 7.02. The number of benzene rings is 1. The normalized spacial score (nSPS) is 21.8. The first kappa shape index (κ1) is 24.0. The second kappa shape index (κ2) is 11.0. The molecule has 190 valence electrons. The quantitative estimate of drug-likeness (QED) is 0.476. The van der Waals surface area contributed by atoms with Crippen LogP contribution in [0.3, 0.4) is 0 Å². The van der Waals surface area contributed by atoms with Crippen molar-refractivity contribution in [3.8, 4) is 0 Å². The molecule has 2 fully saturated rings. The molecule has 0 amide bonds. The van der Waals surface area contributed by atoms with Crippen LogP contribution in [0, 0.1) is 0 Å². The molecule has 1 aromatic carbocycles. The van der Waals surface area contributed by atoms with Crippen molar-refractivity contribution in [1.82, 2.24) is 19.9 Å². The van der Waals surface area contributed by atoms with Crippen LogP contribution in [0.1, 0.15) is 25.0 Å². The number of nitrogens with one attached hydrogen (secondary N) is 2. The molecule has 10 heteroatoms. The summed E-state index contributed by atoms with van der Waals surface area (Å²) < 4.78 is 5.51. The van der Waals surface area contributed by atoms with Crippen molar-refractivity contribution in [3.63, 3.8) is 0 Å². The Morgan fingerprint density at radius 2 is 1.97 bits per heavy atom. The lowest BCUT2D eigenvalue weighted by atomic mass is 10.1. The minimum Gasteiger partial charge on any atom is -0.381 e. The number of hydrogen-bond donors (Lipinski definition) is 2. The molecule has 2 aromatic heterocycles. The lowest BCUT2D eigenvalue weighted by Crippen LogP contribution is -2.47. The van der Waals surface area contributed by atoms with Crippen molar-refractivity contribution in [2.45, 2.75) is 31.3 Å². The van der Waals surface area contributed by atoms with Gasteiger partial charge in [-0.25, -0.2) is 4.98 Å². The van der Waals surface area contributed by atoms with Crippen molar-refractivity contribution in [3.05, 3.63) is 47.5 Å². The van der Waals surface area contributed by atoms with Crippen LogP contribution in [-0.2, 0) is 4.74 Å². The van der Waals surface area contributed by atoms with Gasteiger partial charge in [0.2, 0.25) is 0 Å². The van der Waals surface area contributed by atoms with Gasteiger partial charge < -0.3 is 19.9 Å². The van der Waals surface area contributed by atoms with Crippen LogP contribution in [0.5, 0.6) is 0 Å². The third-order valence-electron chi connectivity index (χ3n) is 7.24. The monoisotopic (exact) mass is 525 g/mol. The van der Waals surface area contributed by atoms with Crippen LogP contribution in [0.15, 0.2) is 41.8 Å². The van der Waals surface area contributed by atoms with Gasteiger partial charge in [0.05, 0.1) is 29.1 Å². The largest absolute Gasteiger partial charge is 0.381 e. The van der Waals surface area contributed by atoms with Crippen LogP contribution in [0.4, 0.5) is 11.5 Å². The number of thioether (sulfide) groups is 1. The molecule has 2 saturated heterocycles. The molecular weight excluding hydrogens is 494 g/mol. The van der Waals surface area contributed by atoms with E-state index in [1.807, 2.05) is 30.1 Å². The number of nitrogens with zero attached hydrogens (tertiary/aromatic N) is 5. The highest BCUT2D eigenvalue weighted by atomic mass is 35.5. The second-order valence-electron chi connectivity index (χ2n) is 9.71. The SMILES string of the molecule is Clc1cc(NC2CCOCC2)c2[nH]c(C3=NC(CCN4CCN(c5cnccn5)CC4)CS3)cc2c1. The number of anilines is 2. The molecule has 5 heterocycles. The van der Waals surface area contributed by atoms with Crippen LogP contribution in [-0.4, -0.2) is 88.7 Å². The topological polar surface area (TPSA) is 81.7 Å². The molecule has 8 nitrogen and oxygen atoms in total. The molecular formula is C26H32ClN7OS. The highest BCUT2D eigenvalue weighted by Crippen LogP contribution is 2.33. The molecule has 0 radical (unpaired) electrons. The van der Waals surface area contributed by atoms with Crippen molar-refractivity contribution in [2.24, 2.45) is 4.99 Å². The van der Waals surface area contributed by atoms with E-state index in [-0.39, 0.29) is 0 Å². The number of halogens is 1. The molecule has 1 atom stereocenters. The van der Waals surface area contributed by atoms with Crippen LogP contribution >= 0.6 is 23.4 Å². The van der Waals surface area contributed by atoms with E-state index >= 15 is 0 Å². The molecule has 0 spiro atoms. The highest BCUT2D eigenvalue weighted by molar-refractivity contribution is 8.14. The summed E-state index contributed by atoms with van der Waals surface area (Å²) in [4.78, 5) is 22.2. The van der Waals surface area contributed by atoms with Gasteiger partial charge in [0.15, 0.2) is 0 Å². The first-order valence-corrected chi connectivity index (χ1v) is 14.2. The van der Waals surface area contributed by atoms with Gasteiger partial charge in [-0.1, -0.05) is 11.6 Å². The Morgan fingerprint density at radius 3 is 2.78 bits per heavy atom. The van der Waals surface area contributed by atoms with Crippen LogP contribution in [0.25, 0.3) is 10.9 Å². The maximum Gasteiger partial charge on any atom is 0.147 e. The van der Waals surface area contributed by atoms with Crippen molar-refractivity contribution < 1.29 is 4.74 Å². The van der Waals surface area contributed by atoms with E-state index in [1.165, 1.54) is 0 Å². The van der Waals surface area contributed by atoms with E-state index < -0.39 is 0 Å². The number of aliphatic imine (C=N–C) groups is 1. The number of rotatable bonds is 7.